The highest BCUT2D eigenvalue weighted by molar-refractivity contribution is 5.93. The van der Waals surface area contributed by atoms with Crippen LogP contribution in [0.1, 0.15) is 22.8 Å². The molecule has 1 aromatic carbocycles. The van der Waals surface area contributed by atoms with E-state index in [1.807, 2.05) is 11.9 Å². The first-order chi connectivity index (χ1) is 12.4. The van der Waals surface area contributed by atoms with Crippen molar-refractivity contribution < 1.29 is 18.7 Å². The number of aromatic carboxylic acids is 1. The largest absolute Gasteiger partial charge is 0.477 e. The first-order valence-electron chi connectivity index (χ1n) is 8.56. The zero-order chi connectivity index (χ0) is 18.6. The first kappa shape index (κ1) is 17.0. The number of carbonyl (C=O) groups is 1. The van der Waals surface area contributed by atoms with Gasteiger partial charge in [0.1, 0.15) is 17.6 Å². The van der Waals surface area contributed by atoms with Crippen LogP contribution in [0.25, 0.3) is 10.9 Å². The van der Waals surface area contributed by atoms with Crippen molar-refractivity contribution in [3.8, 4) is 0 Å². The summed E-state index contributed by atoms with van der Waals surface area (Å²) in [6, 6.07) is 2.12. The minimum absolute atomic E-state index is 0.0284. The van der Waals surface area contributed by atoms with E-state index in [0.717, 1.165) is 19.2 Å². The van der Waals surface area contributed by atoms with Crippen LogP contribution < -0.4 is 10.3 Å². The summed E-state index contributed by atoms with van der Waals surface area (Å²) in [5, 5.41) is 9.23. The van der Waals surface area contributed by atoms with E-state index >= 15 is 0 Å². The van der Waals surface area contributed by atoms with Gasteiger partial charge in [-0.15, -0.1) is 0 Å². The number of fused-ring (bicyclic) bond motifs is 1. The molecule has 1 aliphatic heterocycles. The molecule has 1 saturated carbocycles. The number of carboxylic acid groups (broad SMARTS) is 1. The summed E-state index contributed by atoms with van der Waals surface area (Å²) >= 11 is 0. The van der Waals surface area contributed by atoms with Crippen molar-refractivity contribution >= 4 is 22.6 Å². The number of alkyl halides is 1. The second kappa shape index (κ2) is 6.05. The maximum Gasteiger partial charge on any atom is 0.341 e. The summed E-state index contributed by atoms with van der Waals surface area (Å²) < 4.78 is 29.9. The molecule has 0 bridgehead atoms. The molecule has 1 N–H and O–H groups in total. The average molecular weight is 363 g/mol. The van der Waals surface area contributed by atoms with Gasteiger partial charge in [0, 0.05) is 44.2 Å². The summed E-state index contributed by atoms with van der Waals surface area (Å²) in [6.07, 6.45) is 0.362. The Hall–Kier alpha value is -2.48. The van der Waals surface area contributed by atoms with E-state index in [2.05, 4.69) is 4.90 Å². The molecule has 2 atom stereocenters. The van der Waals surface area contributed by atoms with Gasteiger partial charge < -0.3 is 19.5 Å². The fraction of sp³-hybridized carbons (Fsp3) is 0.444. The molecule has 1 saturated heterocycles. The van der Waals surface area contributed by atoms with Crippen LogP contribution in [0, 0.1) is 5.82 Å². The minimum atomic E-state index is -1.40. The molecule has 6 nitrogen and oxygen atoms in total. The van der Waals surface area contributed by atoms with Crippen LogP contribution in [0.3, 0.4) is 0 Å². The van der Waals surface area contributed by atoms with Gasteiger partial charge in [-0.25, -0.2) is 13.6 Å². The number of halogens is 2. The number of nitrogens with zero attached hydrogens (tertiary/aromatic N) is 3. The zero-order valence-electron chi connectivity index (χ0n) is 14.3. The van der Waals surface area contributed by atoms with Crippen molar-refractivity contribution in [3.05, 3.63) is 39.9 Å². The number of rotatable bonds is 3. The lowest BCUT2D eigenvalue weighted by Crippen LogP contribution is -2.44. The lowest BCUT2D eigenvalue weighted by molar-refractivity contribution is 0.0694. The van der Waals surface area contributed by atoms with E-state index in [1.165, 1.54) is 10.8 Å². The Kier molecular flexibility index (Phi) is 3.95. The third-order valence-corrected chi connectivity index (χ3v) is 5.21. The van der Waals surface area contributed by atoms with Gasteiger partial charge in [-0.3, -0.25) is 4.79 Å². The molecule has 2 heterocycles. The lowest BCUT2D eigenvalue weighted by Gasteiger charge is -2.34. The van der Waals surface area contributed by atoms with Gasteiger partial charge in [-0.1, -0.05) is 0 Å². The van der Waals surface area contributed by atoms with Crippen LogP contribution in [0.2, 0.25) is 0 Å². The van der Waals surface area contributed by atoms with Gasteiger partial charge in [0.2, 0.25) is 5.43 Å². The van der Waals surface area contributed by atoms with Crippen LogP contribution in [0.5, 0.6) is 0 Å². The first-order valence-corrected chi connectivity index (χ1v) is 8.56. The number of aromatic nitrogens is 1. The van der Waals surface area contributed by atoms with Gasteiger partial charge in [-0.2, -0.15) is 0 Å². The van der Waals surface area contributed by atoms with Crippen LogP contribution in [0.15, 0.2) is 23.1 Å². The van der Waals surface area contributed by atoms with Crippen molar-refractivity contribution in [2.24, 2.45) is 0 Å². The third-order valence-electron chi connectivity index (χ3n) is 5.21. The Morgan fingerprint density at radius 3 is 2.46 bits per heavy atom. The van der Waals surface area contributed by atoms with Crippen molar-refractivity contribution in [2.45, 2.75) is 18.6 Å². The number of carboxylic acids is 1. The van der Waals surface area contributed by atoms with E-state index in [0.29, 0.717) is 24.3 Å². The average Bonchev–Trinajstić information content (AvgIpc) is 3.32. The van der Waals surface area contributed by atoms with Crippen LogP contribution in [-0.4, -0.2) is 59.9 Å². The highest BCUT2D eigenvalue weighted by atomic mass is 19.1. The molecule has 4 rings (SSSR count). The molecule has 8 heteroatoms. The van der Waals surface area contributed by atoms with Gasteiger partial charge in [0.05, 0.1) is 17.2 Å². The molecule has 2 fully saturated rings. The smallest absolute Gasteiger partial charge is 0.341 e. The topological polar surface area (TPSA) is 65.8 Å². The number of pyridine rings is 1. The van der Waals surface area contributed by atoms with E-state index < -0.39 is 35.0 Å². The number of likely N-dealkylation sites (N-methyl/N-ethyl adjacent to an activating group) is 1. The molecular weight excluding hydrogens is 344 g/mol. The van der Waals surface area contributed by atoms with Crippen LogP contribution >= 0.6 is 0 Å². The fourth-order valence-electron chi connectivity index (χ4n) is 3.52. The predicted molar refractivity (Wildman–Crippen MR) is 93.4 cm³/mol. The van der Waals surface area contributed by atoms with Crippen LogP contribution in [0.4, 0.5) is 14.5 Å². The minimum Gasteiger partial charge on any atom is -0.477 e. The summed E-state index contributed by atoms with van der Waals surface area (Å²) in [5.41, 5.74) is -0.481. The van der Waals surface area contributed by atoms with Crippen molar-refractivity contribution in [2.75, 3.05) is 38.1 Å². The van der Waals surface area contributed by atoms with Gasteiger partial charge in [-0.05, 0) is 19.2 Å². The van der Waals surface area contributed by atoms with Crippen molar-refractivity contribution in [1.29, 1.82) is 0 Å². The molecular formula is C18H19F2N3O3. The maximum atomic E-state index is 14.7. The summed E-state index contributed by atoms with van der Waals surface area (Å²) in [6.45, 7) is 2.87. The predicted octanol–water partition coefficient (Wildman–Crippen LogP) is 1.87. The normalized spacial score (nSPS) is 23.4. The van der Waals surface area contributed by atoms with E-state index in [4.69, 9.17) is 0 Å². The number of hydrogen-bond donors (Lipinski definition) is 1. The fourth-order valence-corrected chi connectivity index (χ4v) is 3.52. The lowest BCUT2D eigenvalue weighted by atomic mass is 10.1. The van der Waals surface area contributed by atoms with Crippen molar-refractivity contribution in [1.82, 2.24) is 9.47 Å². The molecule has 2 aliphatic rings. The Labute approximate surface area is 148 Å². The third kappa shape index (κ3) is 2.74. The molecule has 2 unspecified atom stereocenters. The van der Waals surface area contributed by atoms with E-state index in [9.17, 15) is 23.5 Å². The highest BCUT2D eigenvalue weighted by Gasteiger charge is 2.40. The van der Waals surface area contributed by atoms with E-state index in [1.54, 1.807) is 6.07 Å². The zero-order valence-corrected chi connectivity index (χ0v) is 14.3. The molecule has 0 spiro atoms. The standard InChI is InChI=1S/C18H19F2N3O3/c1-21-2-4-22(5-3-21)15-8-14-10(6-12(15)19)17(24)11(18(25)26)9-23(14)16-7-13(16)20/h6,8-9,13,16H,2-5,7H2,1H3,(H,25,26). The van der Waals surface area contributed by atoms with Gasteiger partial charge in [0.25, 0.3) is 0 Å². The number of anilines is 1. The number of benzene rings is 1. The molecule has 2 aromatic rings. The van der Waals surface area contributed by atoms with Gasteiger partial charge >= 0.3 is 5.97 Å². The van der Waals surface area contributed by atoms with E-state index in [-0.39, 0.29) is 11.8 Å². The summed E-state index contributed by atoms with van der Waals surface area (Å²) in [7, 11) is 1.99. The number of hydrogen-bond acceptors (Lipinski definition) is 4. The number of piperazine rings is 1. The highest BCUT2D eigenvalue weighted by Crippen LogP contribution is 2.41. The summed E-state index contributed by atoms with van der Waals surface area (Å²) in [5.74, 6) is -1.97. The summed E-state index contributed by atoms with van der Waals surface area (Å²) in [4.78, 5) is 27.9. The molecule has 1 aliphatic carbocycles. The monoisotopic (exact) mass is 363 g/mol. The Bertz CT molecular complexity index is 951. The Balaban J connectivity index is 1.90. The molecule has 138 valence electrons. The van der Waals surface area contributed by atoms with Gasteiger partial charge in [0.15, 0.2) is 0 Å². The maximum absolute atomic E-state index is 14.7. The molecule has 0 radical (unpaired) electrons. The SMILES string of the molecule is CN1CCN(c2cc3c(cc2F)c(=O)c(C(=O)O)cn3C2CC2F)CC1. The second-order valence-corrected chi connectivity index (χ2v) is 7.01. The van der Waals surface area contributed by atoms with Crippen molar-refractivity contribution in [3.63, 3.8) is 0 Å². The second-order valence-electron chi connectivity index (χ2n) is 7.01. The van der Waals surface area contributed by atoms with Crippen LogP contribution in [-0.2, 0) is 0 Å². The molecule has 0 amide bonds. The molecule has 1 aromatic heterocycles. The molecule has 26 heavy (non-hydrogen) atoms. The Morgan fingerprint density at radius 1 is 1.23 bits per heavy atom. The quantitative estimate of drug-likeness (QED) is 0.902. The Morgan fingerprint density at radius 2 is 1.88 bits per heavy atom.